The molecule has 5 nitrogen and oxygen atoms in total. The molecule has 2 rings (SSSR count). The molecule has 2 aromatic heterocycles. The molecule has 2 heterocycles. The SMILES string of the molecule is Cc1cnc(Oc2cc(N)c(C)cn2)cc1N. The number of nitrogens with zero attached hydrogens (tertiary/aromatic N) is 2. The number of aromatic nitrogens is 2. The molecule has 0 unspecified atom stereocenters. The lowest BCUT2D eigenvalue weighted by atomic mass is 10.2. The molecule has 0 saturated heterocycles. The molecule has 0 bridgehead atoms. The van der Waals surface area contributed by atoms with Gasteiger partial charge in [-0.05, 0) is 25.0 Å². The van der Waals surface area contributed by atoms with Crippen LogP contribution >= 0.6 is 0 Å². The van der Waals surface area contributed by atoms with E-state index < -0.39 is 0 Å². The fourth-order valence-electron chi connectivity index (χ4n) is 1.26. The number of nitrogen functional groups attached to an aromatic ring is 2. The van der Waals surface area contributed by atoms with Crippen LogP contribution in [0.15, 0.2) is 24.5 Å². The first-order valence-corrected chi connectivity index (χ1v) is 5.18. The lowest BCUT2D eigenvalue weighted by molar-refractivity contribution is 0.445. The van der Waals surface area contributed by atoms with Gasteiger partial charge in [0.25, 0.3) is 0 Å². The Labute approximate surface area is 99.5 Å². The van der Waals surface area contributed by atoms with Crippen LogP contribution in [0, 0.1) is 13.8 Å². The highest BCUT2D eigenvalue weighted by atomic mass is 16.5. The van der Waals surface area contributed by atoms with E-state index in [4.69, 9.17) is 16.2 Å². The molecule has 4 N–H and O–H groups in total. The summed E-state index contributed by atoms with van der Waals surface area (Å²) in [5.41, 5.74) is 14.6. The molecular formula is C12H14N4O. The highest BCUT2D eigenvalue weighted by molar-refractivity contribution is 5.49. The largest absolute Gasteiger partial charge is 0.421 e. The molecule has 2 aromatic rings. The molecule has 0 atom stereocenters. The lowest BCUT2D eigenvalue weighted by Crippen LogP contribution is -1.97. The van der Waals surface area contributed by atoms with Crippen molar-refractivity contribution in [3.8, 4) is 11.8 Å². The third-order valence-corrected chi connectivity index (χ3v) is 2.45. The minimum atomic E-state index is 0.406. The Kier molecular flexibility index (Phi) is 2.82. The fraction of sp³-hybridized carbons (Fsp3) is 0.167. The van der Waals surface area contributed by atoms with Gasteiger partial charge in [0.05, 0.1) is 0 Å². The summed E-state index contributed by atoms with van der Waals surface area (Å²) in [4.78, 5) is 8.21. The maximum Gasteiger partial charge on any atom is 0.223 e. The van der Waals surface area contributed by atoms with Crippen LogP contribution in [0.4, 0.5) is 11.4 Å². The summed E-state index contributed by atoms with van der Waals surface area (Å²) in [6, 6.07) is 3.32. The van der Waals surface area contributed by atoms with Crippen molar-refractivity contribution in [2.24, 2.45) is 0 Å². The molecule has 0 aromatic carbocycles. The van der Waals surface area contributed by atoms with E-state index in [1.54, 1.807) is 24.5 Å². The Morgan fingerprint density at radius 2 is 1.29 bits per heavy atom. The van der Waals surface area contributed by atoms with Gasteiger partial charge in [0, 0.05) is 35.9 Å². The van der Waals surface area contributed by atoms with Crippen LogP contribution in [0.1, 0.15) is 11.1 Å². The molecule has 0 aliphatic carbocycles. The Morgan fingerprint density at radius 1 is 0.882 bits per heavy atom. The summed E-state index contributed by atoms with van der Waals surface area (Å²) in [5.74, 6) is 0.813. The number of ether oxygens (including phenoxy) is 1. The zero-order chi connectivity index (χ0) is 12.4. The van der Waals surface area contributed by atoms with Crippen LogP contribution in [0.25, 0.3) is 0 Å². The lowest BCUT2D eigenvalue weighted by Gasteiger charge is -2.07. The van der Waals surface area contributed by atoms with E-state index in [9.17, 15) is 0 Å². The molecule has 0 amide bonds. The molecule has 0 saturated carbocycles. The summed E-state index contributed by atoms with van der Waals surface area (Å²) >= 11 is 0. The van der Waals surface area contributed by atoms with Gasteiger partial charge in [-0.1, -0.05) is 0 Å². The van der Waals surface area contributed by atoms with Crippen molar-refractivity contribution in [2.45, 2.75) is 13.8 Å². The average Bonchev–Trinajstić information content (AvgIpc) is 2.29. The van der Waals surface area contributed by atoms with E-state index in [0.29, 0.717) is 23.1 Å². The Balaban J connectivity index is 2.25. The zero-order valence-electron chi connectivity index (χ0n) is 9.77. The van der Waals surface area contributed by atoms with Crippen molar-refractivity contribution in [3.05, 3.63) is 35.7 Å². The number of aryl methyl sites for hydroxylation is 2. The molecule has 0 fully saturated rings. The summed E-state index contributed by atoms with van der Waals surface area (Å²) in [6.07, 6.45) is 3.31. The second-order valence-corrected chi connectivity index (χ2v) is 3.86. The van der Waals surface area contributed by atoms with Gasteiger partial charge in [-0.3, -0.25) is 0 Å². The monoisotopic (exact) mass is 230 g/mol. The minimum Gasteiger partial charge on any atom is -0.421 e. The van der Waals surface area contributed by atoms with Crippen LogP contribution in [0.5, 0.6) is 11.8 Å². The quantitative estimate of drug-likeness (QED) is 0.824. The van der Waals surface area contributed by atoms with E-state index >= 15 is 0 Å². The van der Waals surface area contributed by atoms with E-state index in [1.807, 2.05) is 13.8 Å². The average molecular weight is 230 g/mol. The van der Waals surface area contributed by atoms with Gasteiger partial charge in [-0.25, -0.2) is 9.97 Å². The van der Waals surface area contributed by atoms with Crippen LogP contribution in [0.3, 0.4) is 0 Å². The topological polar surface area (TPSA) is 87.0 Å². The van der Waals surface area contributed by atoms with Crippen LogP contribution in [0.2, 0.25) is 0 Å². The Hall–Kier alpha value is -2.30. The van der Waals surface area contributed by atoms with Crippen molar-refractivity contribution in [1.29, 1.82) is 0 Å². The molecule has 0 aliphatic heterocycles. The van der Waals surface area contributed by atoms with E-state index in [1.165, 1.54) is 0 Å². The van der Waals surface area contributed by atoms with Crippen molar-refractivity contribution in [3.63, 3.8) is 0 Å². The first-order valence-electron chi connectivity index (χ1n) is 5.18. The van der Waals surface area contributed by atoms with Gasteiger partial charge in [-0.15, -0.1) is 0 Å². The molecule has 0 aliphatic rings. The maximum absolute atomic E-state index is 5.76. The maximum atomic E-state index is 5.76. The second kappa shape index (κ2) is 4.29. The highest BCUT2D eigenvalue weighted by Crippen LogP contribution is 2.23. The second-order valence-electron chi connectivity index (χ2n) is 3.86. The Morgan fingerprint density at radius 3 is 1.65 bits per heavy atom. The highest BCUT2D eigenvalue weighted by Gasteiger charge is 2.04. The third-order valence-electron chi connectivity index (χ3n) is 2.45. The predicted octanol–water partition coefficient (Wildman–Crippen LogP) is 2.05. The smallest absolute Gasteiger partial charge is 0.223 e. The molecule has 0 spiro atoms. The summed E-state index contributed by atoms with van der Waals surface area (Å²) in [5, 5.41) is 0. The fourth-order valence-corrected chi connectivity index (χ4v) is 1.26. The van der Waals surface area contributed by atoms with Crippen LogP contribution < -0.4 is 16.2 Å². The molecule has 0 radical (unpaired) electrons. The first kappa shape index (κ1) is 11.2. The van der Waals surface area contributed by atoms with Crippen molar-refractivity contribution < 1.29 is 4.74 Å². The van der Waals surface area contributed by atoms with E-state index in [2.05, 4.69) is 9.97 Å². The Bertz CT molecular complexity index is 505. The molecular weight excluding hydrogens is 216 g/mol. The van der Waals surface area contributed by atoms with Crippen molar-refractivity contribution >= 4 is 11.4 Å². The zero-order valence-corrected chi connectivity index (χ0v) is 9.77. The van der Waals surface area contributed by atoms with Gasteiger partial charge in [0.1, 0.15) is 0 Å². The van der Waals surface area contributed by atoms with Gasteiger partial charge in [-0.2, -0.15) is 0 Å². The summed E-state index contributed by atoms with van der Waals surface area (Å²) < 4.78 is 5.47. The van der Waals surface area contributed by atoms with Crippen molar-refractivity contribution in [2.75, 3.05) is 11.5 Å². The number of pyridine rings is 2. The molecule has 5 heteroatoms. The predicted molar refractivity (Wildman–Crippen MR) is 66.8 cm³/mol. The number of rotatable bonds is 2. The number of hydrogen-bond acceptors (Lipinski definition) is 5. The van der Waals surface area contributed by atoms with Crippen LogP contribution in [-0.4, -0.2) is 9.97 Å². The van der Waals surface area contributed by atoms with E-state index in [0.717, 1.165) is 11.1 Å². The van der Waals surface area contributed by atoms with Gasteiger partial charge in [0.2, 0.25) is 11.8 Å². The number of hydrogen-bond donors (Lipinski definition) is 2. The van der Waals surface area contributed by atoms with Gasteiger partial charge in [0.15, 0.2) is 0 Å². The van der Waals surface area contributed by atoms with E-state index in [-0.39, 0.29) is 0 Å². The standard InChI is InChI=1S/C12H14N4O/c1-7-5-15-11(3-9(7)13)17-12-4-10(14)8(2)6-16-12/h3-6H,1-2H3,(H2,13,15)(H2,14,16). The van der Waals surface area contributed by atoms with Crippen molar-refractivity contribution in [1.82, 2.24) is 9.97 Å². The first-order chi connectivity index (χ1) is 8.06. The van der Waals surface area contributed by atoms with Gasteiger partial charge < -0.3 is 16.2 Å². The molecule has 88 valence electrons. The summed E-state index contributed by atoms with van der Waals surface area (Å²) in [7, 11) is 0. The number of anilines is 2. The molecule has 17 heavy (non-hydrogen) atoms. The third kappa shape index (κ3) is 2.44. The van der Waals surface area contributed by atoms with Crippen LogP contribution in [-0.2, 0) is 0 Å². The summed E-state index contributed by atoms with van der Waals surface area (Å²) in [6.45, 7) is 3.77. The minimum absolute atomic E-state index is 0.406. The normalized spacial score (nSPS) is 10.2. The van der Waals surface area contributed by atoms with Gasteiger partial charge >= 0.3 is 0 Å². The number of nitrogens with two attached hydrogens (primary N) is 2.